The summed E-state index contributed by atoms with van der Waals surface area (Å²) in [7, 11) is -4.00. The van der Waals surface area contributed by atoms with Crippen LogP contribution in [0.3, 0.4) is 0 Å². The molecule has 8 nitrogen and oxygen atoms in total. The molecule has 0 aliphatic heterocycles. The Bertz CT molecular complexity index is 1320. The molecule has 0 aromatic heterocycles. The van der Waals surface area contributed by atoms with Crippen molar-refractivity contribution < 1.29 is 22.7 Å². The van der Waals surface area contributed by atoms with Crippen LogP contribution in [0.4, 0.5) is 5.69 Å². The highest BCUT2D eigenvalue weighted by Gasteiger charge is 2.28. The zero-order valence-corrected chi connectivity index (χ0v) is 21.7. The molecular formula is C27H31N3O5S. The van der Waals surface area contributed by atoms with E-state index in [9.17, 15) is 13.2 Å². The summed E-state index contributed by atoms with van der Waals surface area (Å²) >= 11 is 0. The van der Waals surface area contributed by atoms with E-state index in [1.165, 1.54) is 18.3 Å². The van der Waals surface area contributed by atoms with Crippen molar-refractivity contribution in [3.8, 4) is 11.5 Å². The van der Waals surface area contributed by atoms with Gasteiger partial charge in [0.15, 0.2) is 11.5 Å². The predicted octanol–water partition coefficient (Wildman–Crippen LogP) is 4.45. The Balaban J connectivity index is 1.83. The summed E-state index contributed by atoms with van der Waals surface area (Å²) in [4.78, 5) is 12.9. The van der Waals surface area contributed by atoms with Crippen LogP contribution in [-0.4, -0.2) is 40.3 Å². The fourth-order valence-corrected chi connectivity index (χ4v) is 5.02. The summed E-state index contributed by atoms with van der Waals surface area (Å²) in [6, 6.07) is 18.7. The van der Waals surface area contributed by atoms with E-state index < -0.39 is 22.5 Å². The average Bonchev–Trinajstić information content (AvgIpc) is 2.87. The van der Waals surface area contributed by atoms with E-state index in [1.54, 1.807) is 48.5 Å². The van der Waals surface area contributed by atoms with Crippen molar-refractivity contribution in [2.24, 2.45) is 5.10 Å². The summed E-state index contributed by atoms with van der Waals surface area (Å²) in [6.07, 6.45) is 1.46. The third kappa shape index (κ3) is 6.42. The monoisotopic (exact) mass is 509 g/mol. The number of sulfonamides is 1. The Kier molecular flexibility index (Phi) is 9.08. The van der Waals surface area contributed by atoms with Crippen molar-refractivity contribution >= 4 is 27.8 Å². The maximum atomic E-state index is 13.5. The average molecular weight is 510 g/mol. The maximum absolute atomic E-state index is 13.5. The van der Waals surface area contributed by atoms with Gasteiger partial charge < -0.3 is 9.47 Å². The molecule has 190 valence electrons. The lowest BCUT2D eigenvalue weighted by Gasteiger charge is -2.26. The fourth-order valence-electron chi connectivity index (χ4n) is 3.52. The number of ether oxygens (including phenoxy) is 2. The maximum Gasteiger partial charge on any atom is 0.264 e. The molecule has 1 N–H and O–H groups in total. The van der Waals surface area contributed by atoms with Crippen molar-refractivity contribution in [1.82, 2.24) is 5.43 Å². The minimum absolute atomic E-state index is 0.0973. The molecule has 3 aromatic carbocycles. The number of hydrazone groups is 1. The van der Waals surface area contributed by atoms with E-state index >= 15 is 0 Å². The van der Waals surface area contributed by atoms with Gasteiger partial charge >= 0.3 is 0 Å². The van der Waals surface area contributed by atoms with Gasteiger partial charge in [-0.3, -0.25) is 9.10 Å². The fraction of sp³-hybridized carbons (Fsp3) is 0.259. The Hall–Kier alpha value is -3.85. The number of carbonyl (C=O) groups excluding carboxylic acids is 1. The van der Waals surface area contributed by atoms with E-state index in [0.29, 0.717) is 36.0 Å². The molecule has 0 atom stereocenters. The van der Waals surface area contributed by atoms with Gasteiger partial charge in [-0.25, -0.2) is 13.8 Å². The normalized spacial score (nSPS) is 11.3. The Labute approximate surface area is 212 Å². The predicted molar refractivity (Wildman–Crippen MR) is 141 cm³/mol. The van der Waals surface area contributed by atoms with Crippen molar-refractivity contribution in [3.63, 3.8) is 0 Å². The second-order valence-electron chi connectivity index (χ2n) is 7.91. The largest absolute Gasteiger partial charge is 0.490 e. The molecular weight excluding hydrogens is 478 g/mol. The van der Waals surface area contributed by atoms with E-state index in [0.717, 1.165) is 15.4 Å². The Morgan fingerprint density at radius 3 is 2.33 bits per heavy atom. The molecule has 1 amide bonds. The molecule has 0 bridgehead atoms. The first-order valence-corrected chi connectivity index (χ1v) is 13.1. The first kappa shape index (κ1) is 26.7. The smallest absolute Gasteiger partial charge is 0.264 e. The Morgan fingerprint density at radius 2 is 1.64 bits per heavy atom. The molecule has 0 aliphatic carbocycles. The van der Waals surface area contributed by atoms with Crippen LogP contribution in [0, 0.1) is 13.8 Å². The number of nitrogens with one attached hydrogen (secondary N) is 1. The van der Waals surface area contributed by atoms with Gasteiger partial charge in [0.2, 0.25) is 0 Å². The summed E-state index contributed by atoms with van der Waals surface area (Å²) in [5, 5.41) is 4.02. The van der Waals surface area contributed by atoms with Crippen LogP contribution in [0.5, 0.6) is 11.5 Å². The number of benzene rings is 3. The van der Waals surface area contributed by atoms with E-state index in [-0.39, 0.29) is 4.90 Å². The number of amides is 1. The lowest BCUT2D eigenvalue weighted by Crippen LogP contribution is -2.40. The minimum atomic E-state index is -4.00. The summed E-state index contributed by atoms with van der Waals surface area (Å²) in [5.41, 5.74) is 5.24. The van der Waals surface area contributed by atoms with E-state index in [1.807, 2.05) is 33.8 Å². The van der Waals surface area contributed by atoms with Crippen molar-refractivity contribution in [2.75, 3.05) is 24.1 Å². The van der Waals surface area contributed by atoms with Gasteiger partial charge in [-0.15, -0.1) is 0 Å². The van der Waals surface area contributed by atoms with Gasteiger partial charge in [0.05, 0.1) is 30.0 Å². The number of anilines is 1. The van der Waals surface area contributed by atoms with E-state index in [2.05, 4.69) is 10.5 Å². The van der Waals surface area contributed by atoms with E-state index in [4.69, 9.17) is 9.47 Å². The molecule has 3 rings (SSSR count). The third-order valence-electron chi connectivity index (χ3n) is 5.43. The zero-order chi connectivity index (χ0) is 26.1. The van der Waals surface area contributed by atoms with Gasteiger partial charge in [0.1, 0.15) is 6.54 Å². The highest BCUT2D eigenvalue weighted by Crippen LogP contribution is 2.29. The molecule has 0 aliphatic rings. The highest BCUT2D eigenvalue weighted by atomic mass is 32.2. The lowest BCUT2D eigenvalue weighted by molar-refractivity contribution is -0.119. The standard InChI is InChI=1S/C27H31N3O5S/c1-5-34-25-16-15-22(17-26(25)35-6-2)18-28-29-27(31)19-30(24-14-10-11-20(3)21(24)4)36(32,33)23-12-8-7-9-13-23/h7-18H,5-6,19H2,1-4H3,(H,29,31)/b28-18-. The van der Waals surface area contributed by atoms with Gasteiger partial charge in [0.25, 0.3) is 15.9 Å². The van der Waals surface area contributed by atoms with Crippen LogP contribution in [0.25, 0.3) is 0 Å². The van der Waals surface area contributed by atoms with Gasteiger partial charge in [-0.05, 0) is 80.8 Å². The number of hydrogen-bond acceptors (Lipinski definition) is 6. The molecule has 0 heterocycles. The third-order valence-corrected chi connectivity index (χ3v) is 7.21. The van der Waals surface area contributed by atoms with Crippen LogP contribution < -0.4 is 19.2 Å². The number of rotatable bonds is 11. The van der Waals surface area contributed by atoms with Gasteiger partial charge in [0, 0.05) is 0 Å². The number of aryl methyl sites for hydroxylation is 1. The highest BCUT2D eigenvalue weighted by molar-refractivity contribution is 7.92. The molecule has 0 radical (unpaired) electrons. The minimum Gasteiger partial charge on any atom is -0.490 e. The first-order chi connectivity index (χ1) is 17.3. The summed E-state index contributed by atoms with van der Waals surface area (Å²) < 4.78 is 39.3. The molecule has 0 saturated heterocycles. The van der Waals surface area contributed by atoms with Crippen molar-refractivity contribution in [1.29, 1.82) is 0 Å². The molecule has 0 spiro atoms. The Morgan fingerprint density at radius 1 is 0.944 bits per heavy atom. The zero-order valence-electron chi connectivity index (χ0n) is 20.9. The second-order valence-corrected chi connectivity index (χ2v) is 9.77. The molecule has 0 saturated carbocycles. The molecule has 0 fully saturated rings. The molecule has 3 aromatic rings. The summed E-state index contributed by atoms with van der Waals surface area (Å²) in [6.45, 7) is 8.03. The lowest BCUT2D eigenvalue weighted by atomic mass is 10.1. The van der Waals surface area contributed by atoms with Gasteiger partial charge in [-0.2, -0.15) is 5.10 Å². The number of hydrogen-bond donors (Lipinski definition) is 1. The molecule has 36 heavy (non-hydrogen) atoms. The SMILES string of the molecule is CCOc1ccc(/C=N\NC(=O)CN(c2cccc(C)c2C)S(=O)(=O)c2ccccc2)cc1OCC. The first-order valence-electron chi connectivity index (χ1n) is 11.6. The van der Waals surface area contributed by atoms with Crippen LogP contribution in [0.1, 0.15) is 30.5 Å². The summed E-state index contributed by atoms with van der Waals surface area (Å²) in [5.74, 6) is 0.614. The van der Waals surface area contributed by atoms with Crippen LogP contribution in [-0.2, 0) is 14.8 Å². The van der Waals surface area contributed by atoms with Crippen LogP contribution in [0.2, 0.25) is 0 Å². The molecule has 9 heteroatoms. The second kappa shape index (κ2) is 12.2. The molecule has 0 unspecified atom stereocenters. The van der Waals surface area contributed by atoms with Crippen molar-refractivity contribution in [3.05, 3.63) is 83.4 Å². The van der Waals surface area contributed by atoms with Gasteiger partial charge in [-0.1, -0.05) is 30.3 Å². The van der Waals surface area contributed by atoms with Crippen molar-refractivity contribution in [2.45, 2.75) is 32.6 Å². The quantitative estimate of drug-likeness (QED) is 0.304. The topological polar surface area (TPSA) is 97.3 Å². The number of carbonyl (C=O) groups is 1. The van der Waals surface area contributed by atoms with Crippen LogP contribution in [0.15, 0.2) is 76.7 Å². The van der Waals surface area contributed by atoms with Crippen LogP contribution >= 0.6 is 0 Å². The number of nitrogens with zero attached hydrogens (tertiary/aromatic N) is 2.